The fraction of sp³-hybridized carbons (Fsp3) is 0.160. The van der Waals surface area contributed by atoms with Crippen molar-refractivity contribution in [2.24, 2.45) is 0 Å². The van der Waals surface area contributed by atoms with Gasteiger partial charge < -0.3 is 14.3 Å². The van der Waals surface area contributed by atoms with Crippen LogP contribution in [-0.4, -0.2) is 21.1 Å². The van der Waals surface area contributed by atoms with E-state index >= 15 is 0 Å². The van der Waals surface area contributed by atoms with Gasteiger partial charge in [0.2, 0.25) is 5.82 Å². The number of urea groups is 1. The summed E-state index contributed by atoms with van der Waals surface area (Å²) in [5, 5.41) is 7.84. The summed E-state index contributed by atoms with van der Waals surface area (Å²) in [6, 6.07) is 18.1. The molecule has 0 saturated heterocycles. The van der Waals surface area contributed by atoms with Gasteiger partial charge in [0.15, 0.2) is 0 Å². The van der Waals surface area contributed by atoms with Crippen molar-refractivity contribution in [2.75, 3.05) is 0 Å². The van der Waals surface area contributed by atoms with E-state index in [0.717, 1.165) is 16.7 Å². The van der Waals surface area contributed by atoms with Crippen LogP contribution in [0.3, 0.4) is 0 Å². The molecule has 0 aliphatic carbocycles. The van der Waals surface area contributed by atoms with Crippen molar-refractivity contribution in [2.45, 2.75) is 26.4 Å². The molecule has 1 aliphatic heterocycles. The lowest BCUT2D eigenvalue weighted by Crippen LogP contribution is -2.45. The lowest BCUT2D eigenvalue weighted by molar-refractivity contribution is 0.199. The van der Waals surface area contributed by atoms with Crippen molar-refractivity contribution < 1.29 is 13.7 Å². The molecule has 0 radical (unpaired) electrons. The standard InChI is InChI=1S/C25H21ClN4O3/c1-15-6-3-8-18(12-15)23-28-24(33-29-23)21-16(2)30(14-20-10-5-11-32-20)25(31)27-22(21)17-7-4-9-19(26)13-17/h3-13,22H,14H2,1-2H3,(H,27,31). The van der Waals surface area contributed by atoms with Crippen LogP contribution < -0.4 is 5.32 Å². The Morgan fingerprint density at radius 2 is 1.94 bits per heavy atom. The third kappa shape index (κ3) is 4.15. The normalized spacial score (nSPS) is 16.3. The highest BCUT2D eigenvalue weighted by atomic mass is 35.5. The van der Waals surface area contributed by atoms with Gasteiger partial charge >= 0.3 is 6.03 Å². The van der Waals surface area contributed by atoms with E-state index < -0.39 is 6.04 Å². The number of furan rings is 1. The Hall–Kier alpha value is -3.84. The van der Waals surface area contributed by atoms with E-state index in [9.17, 15) is 4.79 Å². The van der Waals surface area contributed by atoms with Crippen molar-refractivity contribution in [3.8, 4) is 11.4 Å². The first-order valence-electron chi connectivity index (χ1n) is 10.5. The molecule has 1 atom stereocenters. The first kappa shape index (κ1) is 21.0. The summed E-state index contributed by atoms with van der Waals surface area (Å²) < 4.78 is 11.2. The van der Waals surface area contributed by atoms with Crippen LogP contribution in [0.4, 0.5) is 4.79 Å². The highest BCUT2D eigenvalue weighted by molar-refractivity contribution is 6.30. The van der Waals surface area contributed by atoms with Gasteiger partial charge in [0.25, 0.3) is 5.89 Å². The average Bonchev–Trinajstić information content (AvgIpc) is 3.49. The van der Waals surface area contributed by atoms with Gasteiger partial charge in [0.1, 0.15) is 5.76 Å². The molecule has 1 N–H and O–H groups in total. The third-order valence-corrected chi connectivity index (χ3v) is 5.84. The zero-order chi connectivity index (χ0) is 22.9. The molecule has 2 amide bonds. The number of carbonyl (C=O) groups is 1. The number of nitrogens with one attached hydrogen (secondary N) is 1. The molecule has 4 aromatic rings. The molecule has 0 saturated carbocycles. The molecule has 1 unspecified atom stereocenters. The van der Waals surface area contributed by atoms with Crippen LogP contribution in [0.2, 0.25) is 5.02 Å². The quantitative estimate of drug-likeness (QED) is 0.395. The number of rotatable bonds is 5. The number of carbonyl (C=O) groups excluding carboxylic acids is 1. The Balaban J connectivity index is 1.61. The van der Waals surface area contributed by atoms with Crippen molar-refractivity contribution in [1.82, 2.24) is 20.4 Å². The van der Waals surface area contributed by atoms with Crippen LogP contribution in [0.25, 0.3) is 17.0 Å². The van der Waals surface area contributed by atoms with E-state index in [2.05, 4.69) is 15.5 Å². The highest BCUT2D eigenvalue weighted by Crippen LogP contribution is 2.38. The molecule has 8 heteroatoms. The lowest BCUT2D eigenvalue weighted by atomic mass is 9.94. The van der Waals surface area contributed by atoms with Crippen LogP contribution in [0.1, 0.15) is 35.7 Å². The van der Waals surface area contributed by atoms with E-state index in [0.29, 0.717) is 33.8 Å². The first-order valence-corrected chi connectivity index (χ1v) is 10.8. The Labute approximate surface area is 195 Å². The van der Waals surface area contributed by atoms with Gasteiger partial charge in [-0.1, -0.05) is 52.7 Å². The highest BCUT2D eigenvalue weighted by Gasteiger charge is 2.36. The summed E-state index contributed by atoms with van der Waals surface area (Å²) >= 11 is 6.25. The molecular weight excluding hydrogens is 440 g/mol. The van der Waals surface area contributed by atoms with Crippen LogP contribution in [0.15, 0.2) is 81.6 Å². The van der Waals surface area contributed by atoms with E-state index in [1.54, 1.807) is 23.3 Å². The summed E-state index contributed by atoms with van der Waals surface area (Å²) in [4.78, 5) is 19.4. The molecular formula is C25H21ClN4O3. The second-order valence-electron chi connectivity index (χ2n) is 7.89. The minimum absolute atomic E-state index is 0.254. The predicted octanol–water partition coefficient (Wildman–Crippen LogP) is 5.99. The van der Waals surface area contributed by atoms with Gasteiger partial charge in [-0.2, -0.15) is 4.98 Å². The van der Waals surface area contributed by atoms with Gasteiger partial charge in [0.05, 0.1) is 24.4 Å². The molecule has 2 aromatic heterocycles. The topological polar surface area (TPSA) is 84.4 Å². The first-order chi connectivity index (χ1) is 16.0. The van der Waals surface area contributed by atoms with E-state index in [1.165, 1.54) is 0 Å². The fourth-order valence-electron chi connectivity index (χ4n) is 3.98. The molecule has 1 aliphatic rings. The predicted molar refractivity (Wildman–Crippen MR) is 124 cm³/mol. The zero-order valence-corrected chi connectivity index (χ0v) is 18.8. The number of hydrogen-bond acceptors (Lipinski definition) is 5. The summed E-state index contributed by atoms with van der Waals surface area (Å²) in [6.07, 6.45) is 1.58. The van der Waals surface area contributed by atoms with Crippen molar-refractivity contribution >= 4 is 23.2 Å². The molecule has 166 valence electrons. The summed E-state index contributed by atoms with van der Waals surface area (Å²) in [6.45, 7) is 4.15. The number of allylic oxidation sites excluding steroid dienone is 1. The molecule has 0 fully saturated rings. The van der Waals surface area contributed by atoms with Crippen LogP contribution in [0.5, 0.6) is 0 Å². The van der Waals surface area contributed by atoms with Crippen molar-refractivity contribution in [3.05, 3.63) is 100 Å². The molecule has 2 aromatic carbocycles. The van der Waals surface area contributed by atoms with Crippen molar-refractivity contribution in [1.29, 1.82) is 0 Å². The van der Waals surface area contributed by atoms with Gasteiger partial charge in [-0.15, -0.1) is 0 Å². The minimum Gasteiger partial charge on any atom is -0.467 e. The second kappa shape index (κ2) is 8.60. The molecule has 7 nitrogen and oxygen atoms in total. The molecule has 33 heavy (non-hydrogen) atoms. The van der Waals surface area contributed by atoms with E-state index in [4.69, 9.17) is 20.5 Å². The number of hydrogen-bond donors (Lipinski definition) is 1. The number of nitrogens with zero attached hydrogens (tertiary/aromatic N) is 3. The Morgan fingerprint density at radius 3 is 2.70 bits per heavy atom. The number of aryl methyl sites for hydroxylation is 1. The van der Waals surface area contributed by atoms with Gasteiger partial charge in [0, 0.05) is 16.3 Å². The minimum atomic E-state index is -0.505. The Morgan fingerprint density at radius 1 is 1.09 bits per heavy atom. The molecule has 3 heterocycles. The SMILES string of the molecule is CC1=C(c2nc(-c3cccc(C)c3)no2)C(c2cccc(Cl)c2)NC(=O)N1Cc1ccco1. The summed E-state index contributed by atoms with van der Waals surface area (Å²) in [5.41, 5.74) is 4.17. The maximum atomic E-state index is 13.1. The second-order valence-corrected chi connectivity index (χ2v) is 8.33. The Kier molecular flexibility index (Phi) is 5.48. The summed E-state index contributed by atoms with van der Waals surface area (Å²) in [5.74, 6) is 1.47. The van der Waals surface area contributed by atoms with E-state index in [-0.39, 0.29) is 12.6 Å². The monoisotopic (exact) mass is 460 g/mol. The zero-order valence-electron chi connectivity index (χ0n) is 18.1. The van der Waals surface area contributed by atoms with Crippen LogP contribution >= 0.6 is 11.6 Å². The Bertz CT molecular complexity index is 1340. The van der Waals surface area contributed by atoms with Gasteiger partial charge in [-0.25, -0.2) is 4.79 Å². The van der Waals surface area contributed by atoms with Crippen molar-refractivity contribution in [3.63, 3.8) is 0 Å². The fourth-order valence-corrected chi connectivity index (χ4v) is 4.18. The number of benzene rings is 2. The smallest absolute Gasteiger partial charge is 0.322 e. The van der Waals surface area contributed by atoms with E-state index in [1.807, 2.05) is 62.4 Å². The van der Waals surface area contributed by atoms with Crippen LogP contribution in [0, 0.1) is 6.92 Å². The third-order valence-electron chi connectivity index (χ3n) is 5.61. The maximum absolute atomic E-state index is 13.1. The van der Waals surface area contributed by atoms with Gasteiger partial charge in [-0.3, -0.25) is 4.90 Å². The average molecular weight is 461 g/mol. The number of amides is 2. The van der Waals surface area contributed by atoms with Crippen LogP contribution in [-0.2, 0) is 6.54 Å². The number of aromatic nitrogens is 2. The number of halogens is 1. The lowest BCUT2D eigenvalue weighted by Gasteiger charge is -2.34. The molecule has 5 rings (SSSR count). The maximum Gasteiger partial charge on any atom is 0.322 e. The largest absolute Gasteiger partial charge is 0.467 e. The molecule has 0 spiro atoms. The summed E-state index contributed by atoms with van der Waals surface area (Å²) in [7, 11) is 0. The molecule has 0 bridgehead atoms. The van der Waals surface area contributed by atoms with Gasteiger partial charge in [-0.05, 0) is 49.7 Å².